The van der Waals surface area contributed by atoms with Gasteiger partial charge >= 0.3 is 17.9 Å². The van der Waals surface area contributed by atoms with Gasteiger partial charge in [0.1, 0.15) is 13.2 Å². The molecule has 0 aromatic heterocycles. The lowest BCUT2D eigenvalue weighted by Gasteiger charge is -2.18. The fraction of sp³-hybridized carbons (Fsp3) is 0.817. The second-order valence-electron chi connectivity index (χ2n) is 19.2. The van der Waals surface area contributed by atoms with Gasteiger partial charge in [0, 0.05) is 19.3 Å². The first kappa shape index (κ1) is 63.4. The predicted molar refractivity (Wildman–Crippen MR) is 284 cm³/mol. The maximum Gasteiger partial charge on any atom is 0.306 e. The second kappa shape index (κ2) is 55.0. The van der Waals surface area contributed by atoms with E-state index in [9.17, 15) is 14.4 Å². The van der Waals surface area contributed by atoms with Crippen molar-refractivity contribution in [3.05, 3.63) is 48.6 Å². The summed E-state index contributed by atoms with van der Waals surface area (Å²) in [5.41, 5.74) is 0. The molecular formula is C60H108O6. The van der Waals surface area contributed by atoms with Gasteiger partial charge in [-0.2, -0.15) is 0 Å². The molecule has 0 aliphatic heterocycles. The van der Waals surface area contributed by atoms with Crippen molar-refractivity contribution in [1.82, 2.24) is 0 Å². The molecule has 0 aliphatic rings. The molecule has 0 saturated carbocycles. The summed E-state index contributed by atoms with van der Waals surface area (Å²) in [7, 11) is 0. The molecule has 0 aromatic rings. The van der Waals surface area contributed by atoms with Crippen molar-refractivity contribution in [2.24, 2.45) is 0 Å². The third-order valence-corrected chi connectivity index (χ3v) is 12.5. The smallest absolute Gasteiger partial charge is 0.306 e. The zero-order chi connectivity index (χ0) is 47.9. The number of ether oxygens (including phenoxy) is 3. The minimum atomic E-state index is -0.781. The molecule has 6 heteroatoms. The van der Waals surface area contributed by atoms with Gasteiger partial charge in [0.15, 0.2) is 6.10 Å². The monoisotopic (exact) mass is 925 g/mol. The second-order valence-corrected chi connectivity index (χ2v) is 19.2. The molecule has 0 heterocycles. The van der Waals surface area contributed by atoms with Crippen molar-refractivity contribution < 1.29 is 28.6 Å². The van der Waals surface area contributed by atoms with Crippen LogP contribution in [0.2, 0.25) is 0 Å². The van der Waals surface area contributed by atoms with Gasteiger partial charge in [0.25, 0.3) is 0 Å². The van der Waals surface area contributed by atoms with Crippen LogP contribution in [0.5, 0.6) is 0 Å². The molecule has 0 aliphatic carbocycles. The summed E-state index contributed by atoms with van der Waals surface area (Å²) in [5.74, 6) is -0.888. The lowest BCUT2D eigenvalue weighted by molar-refractivity contribution is -0.167. The van der Waals surface area contributed by atoms with Crippen molar-refractivity contribution in [1.29, 1.82) is 0 Å². The Morgan fingerprint density at radius 2 is 0.561 bits per heavy atom. The average molecular weight is 926 g/mol. The van der Waals surface area contributed by atoms with Crippen LogP contribution in [0.15, 0.2) is 48.6 Å². The van der Waals surface area contributed by atoms with Gasteiger partial charge in [-0.25, -0.2) is 0 Å². The van der Waals surface area contributed by atoms with E-state index in [1.807, 2.05) is 0 Å². The van der Waals surface area contributed by atoms with Crippen molar-refractivity contribution in [2.45, 2.75) is 303 Å². The van der Waals surface area contributed by atoms with E-state index in [0.717, 1.165) is 77.0 Å². The Morgan fingerprint density at radius 3 is 0.909 bits per heavy atom. The third kappa shape index (κ3) is 52.3. The first-order valence-electron chi connectivity index (χ1n) is 28.6. The Labute approximate surface area is 409 Å². The molecule has 0 bridgehead atoms. The summed E-state index contributed by atoms with van der Waals surface area (Å²) in [6.45, 7) is 6.59. The molecule has 384 valence electrons. The van der Waals surface area contributed by atoms with Crippen LogP contribution in [-0.2, 0) is 28.6 Å². The summed E-state index contributed by atoms with van der Waals surface area (Å²) < 4.78 is 16.9. The molecule has 0 fully saturated rings. The SMILES string of the molecule is CCCC/C=C/C/C=C/CCCCCCCC(=O)OC[C@H](COC(=O)CCCCCCCCCCC/C=C/CCCCCCCC)OC(=O)CCCCCCCCC/C=C/CCCCCC. The van der Waals surface area contributed by atoms with E-state index in [-0.39, 0.29) is 31.1 Å². The van der Waals surface area contributed by atoms with E-state index in [1.54, 1.807) is 0 Å². The minimum absolute atomic E-state index is 0.0790. The fourth-order valence-corrected chi connectivity index (χ4v) is 8.15. The van der Waals surface area contributed by atoms with E-state index in [2.05, 4.69) is 69.4 Å². The molecule has 0 unspecified atom stereocenters. The molecule has 0 N–H and O–H groups in total. The predicted octanol–water partition coefficient (Wildman–Crippen LogP) is 19.0. The Morgan fingerprint density at radius 1 is 0.303 bits per heavy atom. The first-order valence-corrected chi connectivity index (χ1v) is 28.6. The molecule has 66 heavy (non-hydrogen) atoms. The number of esters is 3. The van der Waals surface area contributed by atoms with Crippen LogP contribution in [-0.4, -0.2) is 37.2 Å². The number of carbonyl (C=O) groups is 3. The Hall–Kier alpha value is -2.63. The summed E-state index contributed by atoms with van der Waals surface area (Å²) >= 11 is 0. The maximum absolute atomic E-state index is 12.8. The topological polar surface area (TPSA) is 78.9 Å². The lowest BCUT2D eigenvalue weighted by Crippen LogP contribution is -2.30. The molecule has 0 rings (SSSR count). The highest BCUT2D eigenvalue weighted by atomic mass is 16.6. The quantitative estimate of drug-likeness (QED) is 0.0262. The van der Waals surface area contributed by atoms with Crippen LogP contribution >= 0.6 is 0 Å². The van der Waals surface area contributed by atoms with Gasteiger partial charge in [0.2, 0.25) is 0 Å². The van der Waals surface area contributed by atoms with Gasteiger partial charge in [-0.3, -0.25) is 14.4 Å². The van der Waals surface area contributed by atoms with E-state index in [4.69, 9.17) is 14.2 Å². The number of hydrogen-bond acceptors (Lipinski definition) is 6. The lowest BCUT2D eigenvalue weighted by atomic mass is 10.1. The molecule has 0 spiro atoms. The maximum atomic E-state index is 12.8. The van der Waals surface area contributed by atoms with Gasteiger partial charge in [-0.1, -0.05) is 230 Å². The van der Waals surface area contributed by atoms with Gasteiger partial charge < -0.3 is 14.2 Å². The molecule has 1 atom stereocenters. The molecular weight excluding hydrogens is 817 g/mol. The minimum Gasteiger partial charge on any atom is -0.462 e. The average Bonchev–Trinajstić information content (AvgIpc) is 3.31. The molecule has 0 saturated heterocycles. The highest BCUT2D eigenvalue weighted by molar-refractivity contribution is 5.71. The zero-order valence-electron chi connectivity index (χ0n) is 44.0. The fourth-order valence-electron chi connectivity index (χ4n) is 8.15. The number of rotatable bonds is 52. The Bertz CT molecular complexity index is 1150. The number of hydrogen-bond donors (Lipinski definition) is 0. The zero-order valence-corrected chi connectivity index (χ0v) is 44.0. The summed E-state index contributed by atoms with van der Waals surface area (Å²) in [4.78, 5) is 38.1. The van der Waals surface area contributed by atoms with Crippen LogP contribution < -0.4 is 0 Å². The Balaban J connectivity index is 4.36. The normalized spacial score (nSPS) is 12.3. The highest BCUT2D eigenvalue weighted by Gasteiger charge is 2.19. The largest absolute Gasteiger partial charge is 0.462 e. The highest BCUT2D eigenvalue weighted by Crippen LogP contribution is 2.15. The van der Waals surface area contributed by atoms with Crippen LogP contribution in [0.1, 0.15) is 297 Å². The summed E-state index contributed by atoms with van der Waals surface area (Å²) in [6, 6.07) is 0. The summed E-state index contributed by atoms with van der Waals surface area (Å²) in [6.07, 6.45) is 66.7. The number of unbranched alkanes of at least 4 members (excludes halogenated alkanes) is 33. The van der Waals surface area contributed by atoms with Crippen LogP contribution in [0, 0.1) is 0 Å². The van der Waals surface area contributed by atoms with Gasteiger partial charge in [0.05, 0.1) is 0 Å². The van der Waals surface area contributed by atoms with E-state index >= 15 is 0 Å². The van der Waals surface area contributed by atoms with Gasteiger partial charge in [-0.15, -0.1) is 0 Å². The van der Waals surface area contributed by atoms with E-state index in [0.29, 0.717) is 19.3 Å². The summed E-state index contributed by atoms with van der Waals surface area (Å²) in [5, 5.41) is 0. The Kier molecular flexibility index (Phi) is 52.8. The molecule has 0 aromatic carbocycles. The molecule has 0 radical (unpaired) electrons. The van der Waals surface area contributed by atoms with Gasteiger partial charge in [-0.05, 0) is 96.3 Å². The van der Waals surface area contributed by atoms with E-state index < -0.39 is 6.10 Å². The van der Waals surface area contributed by atoms with Crippen molar-refractivity contribution >= 4 is 17.9 Å². The van der Waals surface area contributed by atoms with E-state index in [1.165, 1.54) is 180 Å². The van der Waals surface area contributed by atoms with Crippen molar-refractivity contribution in [2.75, 3.05) is 13.2 Å². The van der Waals surface area contributed by atoms with Crippen LogP contribution in [0.25, 0.3) is 0 Å². The van der Waals surface area contributed by atoms with Crippen LogP contribution in [0.4, 0.5) is 0 Å². The standard InChI is InChI=1S/C60H108O6/c1-4-7-10-13-16-19-22-25-28-29-30-31-33-35-38-41-44-47-50-53-59(62)65-56-57(55-64-58(61)52-49-46-43-40-37-34-27-24-21-18-15-12-9-6-3)66-60(63)54-51-48-45-42-39-36-32-26-23-20-17-14-11-8-5-2/h15,18,20,23-25,27-28,57H,4-14,16-17,19,21-22,26,29-56H2,1-3H3/b18-15+,23-20+,27-24+,28-25+/t57-/m1/s1. The number of carbonyl (C=O) groups excluding carboxylic acids is 3. The third-order valence-electron chi connectivity index (χ3n) is 12.5. The van der Waals surface area contributed by atoms with Crippen molar-refractivity contribution in [3.63, 3.8) is 0 Å². The first-order chi connectivity index (χ1) is 32.5. The number of allylic oxidation sites excluding steroid dienone is 8. The van der Waals surface area contributed by atoms with Crippen molar-refractivity contribution in [3.8, 4) is 0 Å². The van der Waals surface area contributed by atoms with Crippen LogP contribution in [0.3, 0.4) is 0 Å². The molecule has 6 nitrogen and oxygen atoms in total. The molecule has 0 amide bonds.